The molecular formula is C28H27NO5. The highest BCUT2D eigenvalue weighted by Crippen LogP contribution is 2.43. The number of nitrogens with zero attached hydrogens (tertiary/aromatic N) is 1. The number of hydrogen-bond acceptors (Lipinski definition) is 5. The van der Waals surface area contributed by atoms with Gasteiger partial charge in [-0.05, 0) is 74.4 Å². The van der Waals surface area contributed by atoms with E-state index in [-0.39, 0.29) is 11.3 Å². The van der Waals surface area contributed by atoms with Crippen molar-refractivity contribution < 1.29 is 24.2 Å². The maximum Gasteiger partial charge on any atom is 0.300 e. The number of anilines is 1. The molecule has 1 saturated heterocycles. The molecule has 1 aliphatic heterocycles. The number of carbonyl (C=O) groups excluding carboxylic acids is 2. The van der Waals surface area contributed by atoms with Gasteiger partial charge in [-0.2, -0.15) is 0 Å². The first-order valence-corrected chi connectivity index (χ1v) is 11.1. The summed E-state index contributed by atoms with van der Waals surface area (Å²) < 4.78 is 11.0. The average molecular weight is 458 g/mol. The van der Waals surface area contributed by atoms with Gasteiger partial charge < -0.3 is 14.6 Å². The molecule has 0 aliphatic carbocycles. The van der Waals surface area contributed by atoms with Crippen LogP contribution in [0.15, 0.2) is 72.3 Å². The number of Topliss-reactive ketones (excluding diaryl/α,β-unsaturated/α-hetero) is 1. The fourth-order valence-electron chi connectivity index (χ4n) is 4.20. The third-order valence-corrected chi connectivity index (χ3v) is 5.91. The maximum absolute atomic E-state index is 13.3. The summed E-state index contributed by atoms with van der Waals surface area (Å²) in [7, 11) is 1.55. The lowest BCUT2D eigenvalue weighted by atomic mass is 9.94. The Morgan fingerprint density at radius 2 is 1.74 bits per heavy atom. The number of methoxy groups -OCH3 is 1. The van der Waals surface area contributed by atoms with Crippen LogP contribution in [0.4, 0.5) is 5.69 Å². The van der Waals surface area contributed by atoms with Crippen LogP contribution < -0.4 is 14.4 Å². The van der Waals surface area contributed by atoms with Gasteiger partial charge in [-0.3, -0.25) is 14.5 Å². The van der Waals surface area contributed by atoms with Gasteiger partial charge in [0.05, 0.1) is 25.3 Å². The molecule has 0 bridgehead atoms. The molecule has 1 unspecified atom stereocenters. The van der Waals surface area contributed by atoms with Gasteiger partial charge in [-0.15, -0.1) is 0 Å². The van der Waals surface area contributed by atoms with Crippen LogP contribution in [-0.2, 0) is 9.59 Å². The minimum atomic E-state index is -0.815. The standard InChI is InChI=1S/C28H27NO5/c1-5-34-23-14-11-20(15-18(23)3)26(30)24-25(19-7-6-8-22(16-19)33-4)29(28(32)27(24)31)21-12-9-17(2)10-13-21/h6-16,25,30H,5H2,1-4H3/b26-24-. The second-order valence-electron chi connectivity index (χ2n) is 8.19. The first-order chi connectivity index (χ1) is 16.3. The van der Waals surface area contributed by atoms with E-state index in [0.29, 0.717) is 34.9 Å². The third kappa shape index (κ3) is 4.15. The van der Waals surface area contributed by atoms with Crippen LogP contribution in [0.25, 0.3) is 5.76 Å². The third-order valence-electron chi connectivity index (χ3n) is 5.91. The van der Waals surface area contributed by atoms with Crippen LogP contribution in [0.1, 0.15) is 35.2 Å². The smallest absolute Gasteiger partial charge is 0.300 e. The molecule has 0 aromatic heterocycles. The first kappa shape index (κ1) is 23.1. The van der Waals surface area contributed by atoms with Crippen LogP contribution in [0, 0.1) is 13.8 Å². The average Bonchev–Trinajstić information content (AvgIpc) is 3.11. The van der Waals surface area contributed by atoms with Crippen LogP contribution in [-0.4, -0.2) is 30.5 Å². The molecule has 1 atom stereocenters. The molecule has 1 aliphatic rings. The molecule has 174 valence electrons. The Kier molecular flexibility index (Phi) is 6.41. The molecule has 3 aromatic carbocycles. The van der Waals surface area contributed by atoms with E-state index in [0.717, 1.165) is 11.1 Å². The van der Waals surface area contributed by atoms with Crippen molar-refractivity contribution in [2.75, 3.05) is 18.6 Å². The minimum Gasteiger partial charge on any atom is -0.507 e. The topological polar surface area (TPSA) is 76.1 Å². The Bertz CT molecular complexity index is 1280. The largest absolute Gasteiger partial charge is 0.507 e. The summed E-state index contributed by atoms with van der Waals surface area (Å²) in [5.74, 6) is -0.377. The van der Waals surface area contributed by atoms with Gasteiger partial charge in [-0.25, -0.2) is 0 Å². The second kappa shape index (κ2) is 9.43. The number of amides is 1. The van der Waals surface area contributed by atoms with E-state index < -0.39 is 17.7 Å². The summed E-state index contributed by atoms with van der Waals surface area (Å²) in [5, 5.41) is 11.3. The Morgan fingerprint density at radius 1 is 1.00 bits per heavy atom. The Hall–Kier alpha value is -4.06. The number of carbonyl (C=O) groups is 2. The Balaban J connectivity index is 1.92. The number of hydrogen-bond donors (Lipinski definition) is 1. The SMILES string of the molecule is CCOc1ccc(/C(O)=C2/C(=O)C(=O)N(c3ccc(C)cc3)C2c2cccc(OC)c2)cc1C. The van der Waals surface area contributed by atoms with E-state index in [2.05, 4.69) is 0 Å². The van der Waals surface area contributed by atoms with Crippen LogP contribution >= 0.6 is 0 Å². The number of rotatable bonds is 6. The quantitative estimate of drug-likeness (QED) is 0.307. The molecule has 0 radical (unpaired) electrons. The zero-order valence-electron chi connectivity index (χ0n) is 19.7. The maximum atomic E-state index is 13.3. The molecule has 0 spiro atoms. The summed E-state index contributed by atoms with van der Waals surface area (Å²) >= 11 is 0. The van der Waals surface area contributed by atoms with Gasteiger partial charge >= 0.3 is 0 Å². The van der Waals surface area contributed by atoms with Crippen molar-refractivity contribution in [2.24, 2.45) is 0 Å². The summed E-state index contributed by atoms with van der Waals surface area (Å²) in [6, 6.07) is 18.9. The lowest BCUT2D eigenvalue weighted by Crippen LogP contribution is -2.29. The van der Waals surface area contributed by atoms with Crippen LogP contribution in [0.3, 0.4) is 0 Å². The molecule has 1 N–H and O–H groups in total. The van der Waals surface area contributed by atoms with Crippen molar-refractivity contribution >= 4 is 23.1 Å². The van der Waals surface area contributed by atoms with Crippen LogP contribution in [0.5, 0.6) is 11.5 Å². The molecule has 1 fully saturated rings. The van der Waals surface area contributed by atoms with Gasteiger partial charge in [0, 0.05) is 11.3 Å². The first-order valence-electron chi connectivity index (χ1n) is 11.1. The van der Waals surface area contributed by atoms with Crippen LogP contribution in [0.2, 0.25) is 0 Å². The number of benzene rings is 3. The lowest BCUT2D eigenvalue weighted by Gasteiger charge is -2.26. The predicted octanol–water partition coefficient (Wildman–Crippen LogP) is 5.34. The minimum absolute atomic E-state index is 0.0300. The highest BCUT2D eigenvalue weighted by Gasteiger charge is 2.47. The van der Waals surface area contributed by atoms with Gasteiger partial charge in [0.15, 0.2) is 0 Å². The van der Waals surface area contributed by atoms with E-state index in [9.17, 15) is 14.7 Å². The number of ether oxygens (including phenoxy) is 2. The predicted molar refractivity (Wildman–Crippen MR) is 131 cm³/mol. The fourth-order valence-corrected chi connectivity index (χ4v) is 4.20. The molecular weight excluding hydrogens is 430 g/mol. The van der Waals surface area contributed by atoms with E-state index >= 15 is 0 Å². The number of aliphatic hydroxyl groups excluding tert-OH is 1. The summed E-state index contributed by atoms with van der Waals surface area (Å²) in [5.41, 5.74) is 3.55. The van der Waals surface area contributed by atoms with E-state index in [1.165, 1.54) is 4.90 Å². The van der Waals surface area contributed by atoms with E-state index in [1.54, 1.807) is 55.6 Å². The van der Waals surface area contributed by atoms with E-state index in [4.69, 9.17) is 9.47 Å². The van der Waals surface area contributed by atoms with Gasteiger partial charge in [0.1, 0.15) is 17.3 Å². The summed E-state index contributed by atoms with van der Waals surface area (Å²) in [6.07, 6.45) is 0. The van der Waals surface area contributed by atoms with Gasteiger partial charge in [0.25, 0.3) is 11.7 Å². The normalized spacial score (nSPS) is 17.2. The van der Waals surface area contributed by atoms with Crippen molar-refractivity contribution in [1.82, 2.24) is 0 Å². The second-order valence-corrected chi connectivity index (χ2v) is 8.19. The molecule has 34 heavy (non-hydrogen) atoms. The number of aliphatic hydroxyl groups is 1. The molecule has 3 aromatic rings. The highest BCUT2D eigenvalue weighted by atomic mass is 16.5. The zero-order valence-corrected chi connectivity index (χ0v) is 19.7. The molecule has 0 saturated carbocycles. The summed E-state index contributed by atoms with van der Waals surface area (Å²) in [4.78, 5) is 28.0. The zero-order chi connectivity index (χ0) is 24.4. The fraction of sp³-hybridized carbons (Fsp3) is 0.214. The van der Waals surface area contributed by atoms with Crippen molar-refractivity contribution in [3.63, 3.8) is 0 Å². The summed E-state index contributed by atoms with van der Waals surface area (Å²) in [6.45, 7) is 6.23. The number of ketones is 1. The van der Waals surface area contributed by atoms with Gasteiger partial charge in [0.2, 0.25) is 0 Å². The molecule has 6 nitrogen and oxygen atoms in total. The Labute approximate surface area is 199 Å². The lowest BCUT2D eigenvalue weighted by molar-refractivity contribution is -0.132. The molecule has 1 heterocycles. The Morgan fingerprint density at radius 3 is 2.38 bits per heavy atom. The highest BCUT2D eigenvalue weighted by molar-refractivity contribution is 6.51. The van der Waals surface area contributed by atoms with E-state index in [1.807, 2.05) is 39.0 Å². The van der Waals surface area contributed by atoms with Crippen molar-refractivity contribution in [1.29, 1.82) is 0 Å². The molecule has 4 rings (SSSR count). The van der Waals surface area contributed by atoms with Crippen molar-refractivity contribution in [3.8, 4) is 11.5 Å². The van der Waals surface area contributed by atoms with Crippen molar-refractivity contribution in [2.45, 2.75) is 26.8 Å². The molecule has 1 amide bonds. The number of aryl methyl sites for hydroxylation is 2. The van der Waals surface area contributed by atoms with Crippen molar-refractivity contribution in [3.05, 3.63) is 94.6 Å². The monoisotopic (exact) mass is 457 g/mol. The molecule has 6 heteroatoms. The van der Waals surface area contributed by atoms with Gasteiger partial charge in [-0.1, -0.05) is 29.8 Å².